The van der Waals surface area contributed by atoms with Crippen molar-refractivity contribution in [3.63, 3.8) is 0 Å². The zero-order chi connectivity index (χ0) is 24.0. The molecule has 1 aromatic heterocycles. The van der Waals surface area contributed by atoms with E-state index in [1.165, 1.54) is 0 Å². The first-order chi connectivity index (χ1) is 15.8. The second kappa shape index (κ2) is 11.4. The number of aromatic nitrogens is 1. The quantitative estimate of drug-likeness (QED) is 0.232. The third kappa shape index (κ3) is 6.61. The first kappa shape index (κ1) is 24.8. The minimum absolute atomic E-state index is 0.0181. The fourth-order valence-corrected chi connectivity index (χ4v) is 4.72. The number of aliphatic carboxylic acids is 1. The Morgan fingerprint density at radius 2 is 1.73 bits per heavy atom. The maximum absolute atomic E-state index is 13.2. The van der Waals surface area contributed by atoms with Crippen molar-refractivity contribution < 1.29 is 19.8 Å². The lowest BCUT2D eigenvalue weighted by atomic mass is 9.94. The van der Waals surface area contributed by atoms with Gasteiger partial charge in [0.05, 0.1) is 0 Å². The molecular weight excluding hydrogens is 438 g/mol. The van der Waals surface area contributed by atoms with Crippen molar-refractivity contribution in [3.8, 4) is 5.75 Å². The summed E-state index contributed by atoms with van der Waals surface area (Å²) in [5, 5.41) is 20.1. The van der Waals surface area contributed by atoms with Gasteiger partial charge in [0, 0.05) is 47.1 Å². The highest BCUT2D eigenvalue weighted by Gasteiger charge is 2.23. The zero-order valence-corrected chi connectivity index (χ0v) is 20.1. The van der Waals surface area contributed by atoms with Crippen molar-refractivity contribution in [2.75, 3.05) is 0 Å². The summed E-state index contributed by atoms with van der Waals surface area (Å²) in [4.78, 5) is 24.3. The van der Waals surface area contributed by atoms with E-state index in [1.807, 2.05) is 43.4 Å². The van der Waals surface area contributed by atoms with Crippen molar-refractivity contribution in [2.45, 2.75) is 58.3 Å². The molecule has 0 bridgehead atoms. The molecule has 0 aliphatic carbocycles. The highest BCUT2D eigenvalue weighted by atomic mass is 35.5. The Kier molecular flexibility index (Phi) is 8.56. The van der Waals surface area contributed by atoms with Crippen LogP contribution in [-0.2, 0) is 24.7 Å². The fraction of sp³-hybridized carbons (Fsp3) is 0.407. The van der Waals surface area contributed by atoms with Gasteiger partial charge < -0.3 is 14.8 Å². The van der Waals surface area contributed by atoms with Gasteiger partial charge in [0.25, 0.3) is 0 Å². The maximum atomic E-state index is 13.2. The topological polar surface area (TPSA) is 79.5 Å². The Balaban J connectivity index is 1.68. The van der Waals surface area contributed by atoms with Gasteiger partial charge in [0.2, 0.25) is 0 Å². The number of hydrogen-bond acceptors (Lipinski definition) is 3. The predicted molar refractivity (Wildman–Crippen MR) is 132 cm³/mol. The van der Waals surface area contributed by atoms with Crippen LogP contribution in [0, 0.1) is 5.92 Å². The molecular formula is C27H32ClNO4. The second-order valence-corrected chi connectivity index (χ2v) is 9.39. The molecule has 0 unspecified atom stereocenters. The number of carboxylic acid groups (broad SMARTS) is 1. The third-order valence-corrected chi connectivity index (χ3v) is 6.39. The lowest BCUT2D eigenvalue weighted by molar-refractivity contribution is -0.137. The van der Waals surface area contributed by atoms with Gasteiger partial charge >= 0.3 is 5.97 Å². The van der Waals surface area contributed by atoms with E-state index in [0.29, 0.717) is 16.3 Å². The first-order valence-electron chi connectivity index (χ1n) is 11.6. The van der Waals surface area contributed by atoms with Crippen molar-refractivity contribution in [2.24, 2.45) is 13.0 Å². The van der Waals surface area contributed by atoms with Gasteiger partial charge in [-0.3, -0.25) is 9.59 Å². The van der Waals surface area contributed by atoms with Gasteiger partial charge in [0.15, 0.2) is 5.78 Å². The molecule has 6 heteroatoms. The normalized spacial score (nSPS) is 12.2. The number of benzene rings is 2. The molecule has 1 atom stereocenters. The van der Waals surface area contributed by atoms with Crippen LogP contribution in [-0.4, -0.2) is 26.5 Å². The SMILES string of the molecule is C[C@H](CC(=O)O)CC(=O)c1c(CCCCCCc2cccc(O)c2)n(C)c2ccc(Cl)cc12. The van der Waals surface area contributed by atoms with Crippen LogP contribution in [0.2, 0.25) is 5.02 Å². The van der Waals surface area contributed by atoms with Crippen LogP contribution in [0.3, 0.4) is 0 Å². The lowest BCUT2D eigenvalue weighted by Crippen LogP contribution is -2.12. The van der Waals surface area contributed by atoms with Gasteiger partial charge in [-0.2, -0.15) is 0 Å². The fourth-order valence-electron chi connectivity index (χ4n) is 4.55. The number of carbonyl (C=O) groups is 2. The van der Waals surface area contributed by atoms with Crippen LogP contribution in [0.5, 0.6) is 5.75 Å². The largest absolute Gasteiger partial charge is 0.508 e. The molecule has 33 heavy (non-hydrogen) atoms. The van der Waals surface area contributed by atoms with Crippen molar-refractivity contribution in [1.29, 1.82) is 0 Å². The van der Waals surface area contributed by atoms with Crippen LogP contribution in [0.15, 0.2) is 42.5 Å². The van der Waals surface area contributed by atoms with E-state index in [4.69, 9.17) is 16.7 Å². The molecule has 0 spiro atoms. The summed E-state index contributed by atoms with van der Waals surface area (Å²) in [7, 11) is 1.98. The molecule has 0 fully saturated rings. The van der Waals surface area contributed by atoms with Crippen LogP contribution in [0.1, 0.15) is 67.1 Å². The van der Waals surface area contributed by atoms with Crippen LogP contribution in [0.4, 0.5) is 0 Å². The number of carboxylic acids is 1. The first-order valence-corrected chi connectivity index (χ1v) is 11.9. The van der Waals surface area contributed by atoms with Crippen LogP contribution in [0.25, 0.3) is 10.9 Å². The number of aryl methyl sites for hydroxylation is 2. The highest BCUT2D eigenvalue weighted by Crippen LogP contribution is 2.31. The molecule has 1 heterocycles. The standard InChI is InChI=1S/C27H32ClNO4/c1-18(15-26(32)33)14-25(31)27-22-17-20(28)12-13-23(22)29(2)24(27)11-6-4-3-5-8-19-9-7-10-21(30)16-19/h7,9-10,12-13,16-18,30H,3-6,8,11,14-15H2,1-2H3,(H,32,33)/t18-/m0/s1. The van der Waals surface area contributed by atoms with E-state index in [0.717, 1.165) is 60.7 Å². The lowest BCUT2D eigenvalue weighted by Gasteiger charge is -2.11. The second-order valence-electron chi connectivity index (χ2n) is 8.96. The Bertz CT molecular complexity index is 1130. The molecule has 0 aliphatic rings. The molecule has 0 saturated carbocycles. The van der Waals surface area contributed by atoms with Gasteiger partial charge in [0.1, 0.15) is 5.75 Å². The highest BCUT2D eigenvalue weighted by molar-refractivity contribution is 6.31. The number of ketones is 1. The van der Waals surface area contributed by atoms with Gasteiger partial charge in [-0.25, -0.2) is 0 Å². The Morgan fingerprint density at radius 1 is 1.00 bits per heavy atom. The average Bonchev–Trinajstić information content (AvgIpc) is 3.01. The van der Waals surface area contributed by atoms with E-state index >= 15 is 0 Å². The molecule has 0 aliphatic heterocycles. The number of rotatable bonds is 12. The molecule has 0 amide bonds. The van der Waals surface area contributed by atoms with Crippen LogP contribution >= 0.6 is 11.6 Å². The van der Waals surface area contributed by atoms with Crippen molar-refractivity contribution in [3.05, 3.63) is 64.3 Å². The maximum Gasteiger partial charge on any atom is 0.303 e. The summed E-state index contributed by atoms with van der Waals surface area (Å²) in [6.07, 6.45) is 6.03. The number of halogens is 1. The summed E-state index contributed by atoms with van der Waals surface area (Å²) in [5.74, 6) is -0.828. The summed E-state index contributed by atoms with van der Waals surface area (Å²) in [6.45, 7) is 1.80. The van der Waals surface area contributed by atoms with E-state index in [9.17, 15) is 14.7 Å². The Hall–Kier alpha value is -2.79. The minimum atomic E-state index is -0.887. The van der Waals surface area contributed by atoms with E-state index in [-0.39, 0.29) is 24.5 Å². The monoisotopic (exact) mass is 469 g/mol. The molecule has 2 N–H and O–H groups in total. The van der Waals surface area contributed by atoms with Crippen LogP contribution < -0.4 is 0 Å². The zero-order valence-electron chi connectivity index (χ0n) is 19.3. The number of nitrogens with zero attached hydrogens (tertiary/aromatic N) is 1. The Morgan fingerprint density at radius 3 is 2.42 bits per heavy atom. The predicted octanol–water partition coefficient (Wildman–Crippen LogP) is 6.57. The summed E-state index contributed by atoms with van der Waals surface area (Å²) in [5.41, 5.74) is 3.79. The number of unbranched alkanes of at least 4 members (excludes halogenated alkanes) is 3. The summed E-state index contributed by atoms with van der Waals surface area (Å²) in [6, 6.07) is 13.0. The number of phenols is 1. The molecule has 0 saturated heterocycles. The average molecular weight is 470 g/mol. The smallest absolute Gasteiger partial charge is 0.303 e. The molecule has 0 radical (unpaired) electrons. The van der Waals surface area contributed by atoms with E-state index in [1.54, 1.807) is 13.0 Å². The van der Waals surface area contributed by atoms with Gasteiger partial charge in [-0.05, 0) is 67.5 Å². The molecule has 176 valence electrons. The summed E-state index contributed by atoms with van der Waals surface area (Å²) >= 11 is 6.24. The van der Waals surface area contributed by atoms with Gasteiger partial charge in [-0.1, -0.05) is 43.5 Å². The van der Waals surface area contributed by atoms with Crippen molar-refractivity contribution >= 4 is 34.3 Å². The van der Waals surface area contributed by atoms with E-state index in [2.05, 4.69) is 4.57 Å². The number of Topliss-reactive ketones (excluding diaryl/α,β-unsaturated/α-hetero) is 1. The van der Waals surface area contributed by atoms with Gasteiger partial charge in [-0.15, -0.1) is 0 Å². The number of aromatic hydroxyl groups is 1. The third-order valence-electron chi connectivity index (χ3n) is 6.16. The molecule has 5 nitrogen and oxygen atoms in total. The summed E-state index contributed by atoms with van der Waals surface area (Å²) < 4.78 is 2.08. The Labute approximate surface area is 200 Å². The molecule has 2 aromatic carbocycles. The molecule has 3 aromatic rings. The number of fused-ring (bicyclic) bond motifs is 1. The molecule has 3 rings (SSSR count). The number of hydrogen-bond donors (Lipinski definition) is 2. The van der Waals surface area contributed by atoms with E-state index < -0.39 is 5.97 Å². The number of carbonyl (C=O) groups excluding carboxylic acids is 1. The van der Waals surface area contributed by atoms with Crippen molar-refractivity contribution in [1.82, 2.24) is 4.57 Å². The number of phenolic OH excluding ortho intramolecular Hbond substituents is 1. The minimum Gasteiger partial charge on any atom is -0.508 e.